The molecule has 4 rings (SSSR count). The number of nitrogens with zero attached hydrogens (tertiary/aromatic N) is 2. The van der Waals surface area contributed by atoms with Crippen molar-refractivity contribution in [1.29, 1.82) is 0 Å². The van der Waals surface area contributed by atoms with E-state index in [0.717, 1.165) is 30.7 Å². The molecule has 2 aliphatic rings. The lowest BCUT2D eigenvalue weighted by atomic mass is 9.93. The molecule has 0 spiro atoms. The third kappa shape index (κ3) is 3.94. The van der Waals surface area contributed by atoms with E-state index in [9.17, 15) is 17.6 Å². The minimum atomic E-state index is -3.66. The standard InChI is InChI=1S/C22H25FN2O3S/c1-16-4-9-21-18(15-16)3-2-12-25(21)22(26)17-10-13-24(14-11-17)29(27,28)20-7-5-19(23)6-8-20/h4-9,15,17H,2-3,10-14H2,1H3. The largest absolute Gasteiger partial charge is 0.312 e. The average molecular weight is 417 g/mol. The summed E-state index contributed by atoms with van der Waals surface area (Å²) in [5.41, 5.74) is 3.39. The summed E-state index contributed by atoms with van der Waals surface area (Å²) in [6.45, 7) is 3.36. The number of sulfonamides is 1. The Bertz CT molecular complexity index is 1010. The highest BCUT2D eigenvalue weighted by Gasteiger charge is 2.35. The van der Waals surface area contributed by atoms with Gasteiger partial charge in [-0.15, -0.1) is 0 Å². The van der Waals surface area contributed by atoms with Crippen LogP contribution in [-0.4, -0.2) is 38.3 Å². The molecule has 2 aliphatic heterocycles. The second kappa shape index (κ2) is 7.88. The van der Waals surface area contributed by atoms with Crippen LogP contribution in [0.5, 0.6) is 0 Å². The van der Waals surface area contributed by atoms with Gasteiger partial charge in [0.25, 0.3) is 0 Å². The lowest BCUT2D eigenvalue weighted by Gasteiger charge is -2.36. The Morgan fingerprint density at radius 3 is 2.41 bits per heavy atom. The molecule has 1 amide bonds. The van der Waals surface area contributed by atoms with E-state index in [0.29, 0.717) is 32.5 Å². The highest BCUT2D eigenvalue weighted by Crippen LogP contribution is 2.32. The van der Waals surface area contributed by atoms with Crippen LogP contribution < -0.4 is 4.90 Å². The first kappa shape index (κ1) is 20.0. The minimum Gasteiger partial charge on any atom is -0.312 e. The zero-order valence-electron chi connectivity index (χ0n) is 16.5. The fraction of sp³-hybridized carbons (Fsp3) is 0.409. The molecule has 0 saturated carbocycles. The number of benzene rings is 2. The van der Waals surface area contributed by atoms with Gasteiger partial charge in [0, 0.05) is 31.2 Å². The lowest BCUT2D eigenvalue weighted by molar-refractivity contribution is -0.123. The van der Waals surface area contributed by atoms with Gasteiger partial charge in [-0.25, -0.2) is 12.8 Å². The molecule has 2 heterocycles. The first-order valence-electron chi connectivity index (χ1n) is 10.0. The van der Waals surface area contributed by atoms with Crippen molar-refractivity contribution in [2.75, 3.05) is 24.5 Å². The van der Waals surface area contributed by atoms with Gasteiger partial charge >= 0.3 is 0 Å². The molecule has 0 bridgehead atoms. The first-order chi connectivity index (χ1) is 13.9. The van der Waals surface area contributed by atoms with Crippen LogP contribution in [0.2, 0.25) is 0 Å². The Labute approximate surface area is 171 Å². The normalized spacial score (nSPS) is 18.5. The van der Waals surface area contributed by atoms with Crippen LogP contribution >= 0.6 is 0 Å². The molecule has 0 aliphatic carbocycles. The van der Waals surface area contributed by atoms with Crippen molar-refractivity contribution in [2.45, 2.75) is 37.5 Å². The second-order valence-corrected chi connectivity index (χ2v) is 9.80. The Balaban J connectivity index is 1.45. The van der Waals surface area contributed by atoms with Crippen molar-refractivity contribution < 1.29 is 17.6 Å². The van der Waals surface area contributed by atoms with Crippen LogP contribution in [0.25, 0.3) is 0 Å². The molecule has 0 atom stereocenters. The number of amides is 1. The fourth-order valence-corrected chi connectivity index (χ4v) is 5.74. The Hall–Kier alpha value is -2.25. The van der Waals surface area contributed by atoms with E-state index in [4.69, 9.17) is 0 Å². The maximum atomic E-state index is 13.2. The molecule has 2 aromatic carbocycles. The maximum Gasteiger partial charge on any atom is 0.243 e. The van der Waals surface area contributed by atoms with E-state index < -0.39 is 15.8 Å². The van der Waals surface area contributed by atoms with Crippen LogP contribution in [0, 0.1) is 18.7 Å². The predicted molar refractivity (Wildman–Crippen MR) is 110 cm³/mol. The van der Waals surface area contributed by atoms with Gasteiger partial charge in [-0.2, -0.15) is 4.31 Å². The smallest absolute Gasteiger partial charge is 0.243 e. The molecular formula is C22H25FN2O3S. The average Bonchev–Trinajstić information content (AvgIpc) is 2.73. The molecule has 1 saturated heterocycles. The summed E-state index contributed by atoms with van der Waals surface area (Å²) in [6, 6.07) is 11.1. The highest BCUT2D eigenvalue weighted by molar-refractivity contribution is 7.89. The number of fused-ring (bicyclic) bond motifs is 1. The van der Waals surface area contributed by atoms with E-state index in [2.05, 4.69) is 13.0 Å². The Kier molecular flexibility index (Phi) is 5.44. The van der Waals surface area contributed by atoms with E-state index in [1.807, 2.05) is 17.0 Å². The van der Waals surface area contributed by atoms with E-state index in [-0.39, 0.29) is 16.7 Å². The predicted octanol–water partition coefficient (Wildman–Crippen LogP) is 3.51. The van der Waals surface area contributed by atoms with Crippen molar-refractivity contribution >= 4 is 21.6 Å². The van der Waals surface area contributed by atoms with Gasteiger partial charge in [-0.1, -0.05) is 17.7 Å². The van der Waals surface area contributed by atoms with Gasteiger partial charge in [0.2, 0.25) is 15.9 Å². The number of piperidine rings is 1. The van der Waals surface area contributed by atoms with E-state index in [1.165, 1.54) is 27.6 Å². The van der Waals surface area contributed by atoms with Gasteiger partial charge < -0.3 is 4.90 Å². The van der Waals surface area contributed by atoms with Crippen molar-refractivity contribution in [1.82, 2.24) is 4.31 Å². The Morgan fingerprint density at radius 2 is 1.72 bits per heavy atom. The molecule has 154 valence electrons. The molecule has 0 radical (unpaired) electrons. The highest BCUT2D eigenvalue weighted by atomic mass is 32.2. The van der Waals surface area contributed by atoms with Gasteiger partial charge in [0.1, 0.15) is 5.82 Å². The quantitative estimate of drug-likeness (QED) is 0.769. The molecule has 29 heavy (non-hydrogen) atoms. The molecule has 5 nitrogen and oxygen atoms in total. The first-order valence-corrected chi connectivity index (χ1v) is 11.5. The summed E-state index contributed by atoms with van der Waals surface area (Å²) >= 11 is 0. The molecule has 0 aromatic heterocycles. The summed E-state index contributed by atoms with van der Waals surface area (Å²) in [7, 11) is -3.66. The van der Waals surface area contributed by atoms with Crippen LogP contribution in [0.1, 0.15) is 30.4 Å². The SMILES string of the molecule is Cc1ccc2c(c1)CCCN2C(=O)C1CCN(S(=O)(=O)c2ccc(F)cc2)CC1. The molecule has 2 aromatic rings. The van der Waals surface area contributed by atoms with E-state index >= 15 is 0 Å². The fourth-order valence-electron chi connectivity index (χ4n) is 4.27. The topological polar surface area (TPSA) is 57.7 Å². The Morgan fingerprint density at radius 1 is 1.03 bits per heavy atom. The summed E-state index contributed by atoms with van der Waals surface area (Å²) in [6.07, 6.45) is 2.92. The van der Waals surface area contributed by atoms with Crippen LogP contribution in [0.15, 0.2) is 47.4 Å². The van der Waals surface area contributed by atoms with Gasteiger partial charge in [-0.3, -0.25) is 4.79 Å². The monoisotopic (exact) mass is 416 g/mol. The summed E-state index contributed by atoms with van der Waals surface area (Å²) in [5, 5.41) is 0. The molecule has 0 unspecified atom stereocenters. The van der Waals surface area contributed by atoms with Crippen molar-refractivity contribution in [2.24, 2.45) is 5.92 Å². The number of halogens is 1. The molecule has 7 heteroatoms. The molecule has 0 N–H and O–H groups in total. The van der Waals surface area contributed by atoms with Gasteiger partial charge in [0.05, 0.1) is 4.90 Å². The van der Waals surface area contributed by atoms with Crippen LogP contribution in [-0.2, 0) is 21.2 Å². The summed E-state index contributed by atoms with van der Waals surface area (Å²) < 4.78 is 40.1. The lowest BCUT2D eigenvalue weighted by Crippen LogP contribution is -2.45. The van der Waals surface area contributed by atoms with E-state index in [1.54, 1.807) is 0 Å². The number of hydrogen-bond donors (Lipinski definition) is 0. The number of carbonyl (C=O) groups is 1. The zero-order valence-corrected chi connectivity index (χ0v) is 17.3. The van der Waals surface area contributed by atoms with Crippen molar-refractivity contribution in [3.63, 3.8) is 0 Å². The van der Waals surface area contributed by atoms with Crippen molar-refractivity contribution in [3.05, 3.63) is 59.4 Å². The summed E-state index contributed by atoms with van der Waals surface area (Å²) in [4.78, 5) is 15.1. The van der Waals surface area contributed by atoms with Gasteiger partial charge in [-0.05, 0) is 68.5 Å². The molecule has 1 fully saturated rings. The summed E-state index contributed by atoms with van der Waals surface area (Å²) in [5.74, 6) is -0.555. The third-order valence-corrected chi connectivity index (χ3v) is 7.79. The molecular weight excluding hydrogens is 391 g/mol. The van der Waals surface area contributed by atoms with Gasteiger partial charge in [0.15, 0.2) is 0 Å². The second-order valence-electron chi connectivity index (χ2n) is 7.86. The van der Waals surface area contributed by atoms with Crippen LogP contribution in [0.4, 0.5) is 10.1 Å². The number of aryl methyl sites for hydroxylation is 2. The van der Waals surface area contributed by atoms with Crippen LogP contribution in [0.3, 0.4) is 0 Å². The number of hydrogen-bond acceptors (Lipinski definition) is 3. The number of anilines is 1. The number of rotatable bonds is 3. The van der Waals surface area contributed by atoms with Crippen molar-refractivity contribution in [3.8, 4) is 0 Å². The maximum absolute atomic E-state index is 13.2. The zero-order chi connectivity index (χ0) is 20.6. The number of carbonyl (C=O) groups excluding carboxylic acids is 1. The third-order valence-electron chi connectivity index (χ3n) is 5.87. The minimum absolute atomic E-state index is 0.0870.